The molecule has 1 amide bonds. The van der Waals surface area contributed by atoms with Gasteiger partial charge in [-0.2, -0.15) is 0 Å². The van der Waals surface area contributed by atoms with Crippen molar-refractivity contribution in [2.75, 3.05) is 38.2 Å². The number of ether oxygens (including phenoxy) is 1. The molecule has 6 heteroatoms. The van der Waals surface area contributed by atoms with Crippen LogP contribution in [-0.2, 0) is 11.3 Å². The third-order valence-corrected chi connectivity index (χ3v) is 4.84. The van der Waals surface area contributed by atoms with Crippen LogP contribution >= 0.6 is 0 Å². The number of rotatable bonds is 6. The Morgan fingerprint density at radius 3 is 2.74 bits per heavy atom. The fraction of sp³-hybridized carbons (Fsp3) is 0.333. The van der Waals surface area contributed by atoms with Crippen molar-refractivity contribution < 1.29 is 9.53 Å². The van der Waals surface area contributed by atoms with Gasteiger partial charge in [0.1, 0.15) is 5.52 Å². The van der Waals surface area contributed by atoms with E-state index in [0.29, 0.717) is 31.9 Å². The third-order valence-electron chi connectivity index (χ3n) is 4.84. The summed E-state index contributed by atoms with van der Waals surface area (Å²) in [6.07, 6.45) is 4.66. The number of amides is 1. The van der Waals surface area contributed by atoms with Crippen LogP contribution in [0.3, 0.4) is 0 Å². The molecule has 1 aliphatic heterocycles. The number of aryl methyl sites for hydroxylation is 1. The Bertz CT molecular complexity index is 901. The second kappa shape index (κ2) is 8.22. The summed E-state index contributed by atoms with van der Waals surface area (Å²) in [7, 11) is 0. The normalized spacial score (nSPS) is 14.4. The van der Waals surface area contributed by atoms with Crippen LogP contribution in [0.15, 0.2) is 54.9 Å². The van der Waals surface area contributed by atoms with Crippen LogP contribution in [0.4, 0.5) is 5.69 Å². The lowest BCUT2D eigenvalue weighted by atomic mass is 10.2. The van der Waals surface area contributed by atoms with Gasteiger partial charge in [0.2, 0.25) is 0 Å². The predicted octanol–water partition coefficient (Wildman–Crippen LogP) is 3.01. The number of para-hydroxylation sites is 1. The molecule has 2 aromatic heterocycles. The summed E-state index contributed by atoms with van der Waals surface area (Å²) in [5, 5.41) is 3.43. The number of nitrogens with one attached hydrogen (secondary N) is 1. The van der Waals surface area contributed by atoms with Crippen LogP contribution in [0, 0.1) is 0 Å². The summed E-state index contributed by atoms with van der Waals surface area (Å²) in [5.41, 5.74) is 3.60. The molecule has 1 N–H and O–H groups in total. The molecule has 0 atom stereocenters. The molecule has 3 heterocycles. The number of benzene rings is 1. The first-order valence-electron chi connectivity index (χ1n) is 9.43. The Hall–Kier alpha value is -2.86. The number of morpholine rings is 1. The number of pyridine rings is 1. The largest absolute Gasteiger partial charge is 0.385 e. The van der Waals surface area contributed by atoms with Crippen molar-refractivity contribution in [3.8, 4) is 0 Å². The van der Waals surface area contributed by atoms with E-state index in [2.05, 4.69) is 27.0 Å². The SMILES string of the molecule is O=C(c1cn(CCCNc2ccccc2)c2cccnc12)N1CCOCC1. The van der Waals surface area contributed by atoms with Gasteiger partial charge in [-0.15, -0.1) is 0 Å². The van der Waals surface area contributed by atoms with Crippen LogP contribution in [0.25, 0.3) is 11.0 Å². The second-order valence-electron chi connectivity index (χ2n) is 6.66. The highest BCUT2D eigenvalue weighted by Gasteiger charge is 2.23. The van der Waals surface area contributed by atoms with E-state index in [1.807, 2.05) is 41.4 Å². The molecule has 1 fully saturated rings. The third kappa shape index (κ3) is 3.95. The molecular formula is C21H24N4O2. The number of aromatic nitrogens is 2. The van der Waals surface area contributed by atoms with Crippen molar-refractivity contribution in [2.24, 2.45) is 0 Å². The predicted molar refractivity (Wildman–Crippen MR) is 106 cm³/mol. The van der Waals surface area contributed by atoms with Gasteiger partial charge in [-0.3, -0.25) is 9.78 Å². The van der Waals surface area contributed by atoms with E-state index in [9.17, 15) is 4.79 Å². The molecular weight excluding hydrogens is 340 g/mol. The van der Waals surface area contributed by atoms with Gasteiger partial charge in [-0.05, 0) is 30.7 Å². The minimum Gasteiger partial charge on any atom is -0.385 e. The van der Waals surface area contributed by atoms with Gasteiger partial charge < -0.3 is 19.5 Å². The molecule has 0 bridgehead atoms. The van der Waals surface area contributed by atoms with Crippen molar-refractivity contribution in [1.29, 1.82) is 0 Å². The van der Waals surface area contributed by atoms with Gasteiger partial charge in [0.05, 0.1) is 24.3 Å². The van der Waals surface area contributed by atoms with Crippen molar-refractivity contribution in [2.45, 2.75) is 13.0 Å². The number of carbonyl (C=O) groups is 1. The van der Waals surface area contributed by atoms with E-state index >= 15 is 0 Å². The van der Waals surface area contributed by atoms with Crippen LogP contribution in [0.1, 0.15) is 16.8 Å². The van der Waals surface area contributed by atoms with Gasteiger partial charge >= 0.3 is 0 Å². The second-order valence-corrected chi connectivity index (χ2v) is 6.66. The molecule has 1 saturated heterocycles. The average Bonchev–Trinajstić information content (AvgIpc) is 3.11. The monoisotopic (exact) mass is 364 g/mol. The number of fused-ring (bicyclic) bond motifs is 1. The highest BCUT2D eigenvalue weighted by Crippen LogP contribution is 2.21. The molecule has 6 nitrogen and oxygen atoms in total. The van der Waals surface area contributed by atoms with E-state index in [4.69, 9.17) is 4.74 Å². The average molecular weight is 364 g/mol. The standard InChI is InChI=1S/C21H24N4O2/c26-21(24-12-14-27-15-13-24)18-16-25(19-8-4-9-23-20(18)19)11-5-10-22-17-6-2-1-3-7-17/h1-4,6-9,16,22H,5,10-15H2. The summed E-state index contributed by atoms with van der Waals surface area (Å²) in [6.45, 7) is 4.18. The fourth-order valence-corrected chi connectivity index (χ4v) is 3.44. The maximum absolute atomic E-state index is 12.9. The van der Waals surface area contributed by atoms with E-state index < -0.39 is 0 Å². The smallest absolute Gasteiger partial charge is 0.257 e. The first kappa shape index (κ1) is 17.5. The molecule has 4 rings (SSSR count). The number of anilines is 1. The Balaban J connectivity index is 1.47. The molecule has 27 heavy (non-hydrogen) atoms. The lowest BCUT2D eigenvalue weighted by molar-refractivity contribution is 0.0304. The maximum Gasteiger partial charge on any atom is 0.257 e. The topological polar surface area (TPSA) is 59.4 Å². The quantitative estimate of drug-likeness (QED) is 0.683. The van der Waals surface area contributed by atoms with Crippen LogP contribution in [0.2, 0.25) is 0 Å². The summed E-state index contributed by atoms with van der Waals surface area (Å²) in [6, 6.07) is 14.1. The molecule has 0 saturated carbocycles. The van der Waals surface area contributed by atoms with Crippen molar-refractivity contribution in [3.63, 3.8) is 0 Å². The molecule has 1 aromatic carbocycles. The Morgan fingerprint density at radius 1 is 1.11 bits per heavy atom. The number of carbonyl (C=O) groups excluding carboxylic acids is 1. The van der Waals surface area contributed by atoms with Crippen LogP contribution < -0.4 is 5.32 Å². The van der Waals surface area contributed by atoms with Gasteiger partial charge in [0.15, 0.2) is 0 Å². The number of nitrogens with zero attached hydrogens (tertiary/aromatic N) is 3. The van der Waals surface area contributed by atoms with E-state index in [1.165, 1.54) is 0 Å². The van der Waals surface area contributed by atoms with Crippen molar-refractivity contribution in [3.05, 3.63) is 60.4 Å². The lowest BCUT2D eigenvalue weighted by Crippen LogP contribution is -2.40. The number of hydrogen-bond acceptors (Lipinski definition) is 4. The van der Waals surface area contributed by atoms with Gasteiger partial charge in [0, 0.05) is 44.3 Å². The Kier molecular flexibility index (Phi) is 5.34. The van der Waals surface area contributed by atoms with E-state index in [-0.39, 0.29) is 5.91 Å². The summed E-state index contributed by atoms with van der Waals surface area (Å²) in [4.78, 5) is 19.3. The molecule has 1 aliphatic rings. The number of hydrogen-bond donors (Lipinski definition) is 1. The van der Waals surface area contributed by atoms with Crippen molar-refractivity contribution >= 4 is 22.6 Å². The van der Waals surface area contributed by atoms with E-state index in [1.54, 1.807) is 6.20 Å². The first-order chi connectivity index (χ1) is 13.3. The zero-order chi connectivity index (χ0) is 18.5. The Morgan fingerprint density at radius 2 is 1.93 bits per heavy atom. The van der Waals surface area contributed by atoms with E-state index in [0.717, 1.165) is 36.2 Å². The molecule has 3 aromatic rings. The molecule has 140 valence electrons. The van der Waals surface area contributed by atoms with Gasteiger partial charge in [-0.25, -0.2) is 0 Å². The summed E-state index contributed by atoms with van der Waals surface area (Å²) in [5.74, 6) is 0.0446. The molecule has 0 spiro atoms. The highest BCUT2D eigenvalue weighted by atomic mass is 16.5. The zero-order valence-corrected chi connectivity index (χ0v) is 15.3. The van der Waals surface area contributed by atoms with Gasteiger partial charge in [-0.1, -0.05) is 18.2 Å². The minimum absolute atomic E-state index is 0.0446. The molecule has 0 radical (unpaired) electrons. The maximum atomic E-state index is 12.9. The summed E-state index contributed by atoms with van der Waals surface area (Å²) < 4.78 is 7.50. The minimum atomic E-state index is 0.0446. The molecule has 0 aliphatic carbocycles. The van der Waals surface area contributed by atoms with Crippen molar-refractivity contribution in [1.82, 2.24) is 14.5 Å². The first-order valence-corrected chi connectivity index (χ1v) is 9.43. The fourth-order valence-electron chi connectivity index (χ4n) is 3.44. The highest BCUT2D eigenvalue weighted by molar-refractivity contribution is 6.05. The zero-order valence-electron chi connectivity index (χ0n) is 15.3. The molecule has 0 unspecified atom stereocenters. The Labute approximate surface area is 158 Å². The van der Waals surface area contributed by atoms with Crippen LogP contribution in [0.5, 0.6) is 0 Å². The lowest BCUT2D eigenvalue weighted by Gasteiger charge is -2.26. The summed E-state index contributed by atoms with van der Waals surface area (Å²) >= 11 is 0. The van der Waals surface area contributed by atoms with Gasteiger partial charge in [0.25, 0.3) is 5.91 Å². The van der Waals surface area contributed by atoms with Crippen LogP contribution in [-0.4, -0.2) is 53.2 Å².